The Hall–Kier alpha value is -3.28. The van der Waals surface area contributed by atoms with E-state index in [9.17, 15) is 29.1 Å². The SMILES string of the molecule is CC(=O)N1CCC[C@H]1C(=O)N[C@@H]1COC(=O)c2cc(O)ccc2CSC[C@H](C(=O)N(C)C)NC1=O. The maximum atomic E-state index is 13.1. The highest BCUT2D eigenvalue weighted by atomic mass is 32.2. The molecule has 12 heteroatoms. The van der Waals surface area contributed by atoms with Crippen LogP contribution in [0.15, 0.2) is 18.2 Å². The number of phenolic OH excluding ortho intramolecular Hbond substituents is 1. The molecule has 0 aromatic heterocycles. The van der Waals surface area contributed by atoms with Gasteiger partial charge in [0.15, 0.2) is 0 Å². The number of amides is 4. The molecular weight excluding hydrogens is 476 g/mol. The Morgan fingerprint density at radius 2 is 2.00 bits per heavy atom. The van der Waals surface area contributed by atoms with Gasteiger partial charge in [0.2, 0.25) is 23.6 Å². The fraction of sp³-hybridized carbons (Fsp3) is 0.522. The predicted molar refractivity (Wildman–Crippen MR) is 128 cm³/mol. The number of ether oxygens (including phenoxy) is 1. The van der Waals surface area contributed by atoms with Crippen molar-refractivity contribution in [1.82, 2.24) is 20.4 Å². The molecule has 2 heterocycles. The highest BCUT2D eigenvalue weighted by Crippen LogP contribution is 2.23. The van der Waals surface area contributed by atoms with Crippen LogP contribution < -0.4 is 10.6 Å². The van der Waals surface area contributed by atoms with E-state index in [4.69, 9.17) is 4.74 Å². The molecule has 190 valence electrons. The van der Waals surface area contributed by atoms with Crippen molar-refractivity contribution < 1.29 is 33.8 Å². The van der Waals surface area contributed by atoms with Crippen molar-refractivity contribution in [2.45, 2.75) is 43.6 Å². The first kappa shape index (κ1) is 26.3. The lowest BCUT2D eigenvalue weighted by atomic mass is 10.1. The summed E-state index contributed by atoms with van der Waals surface area (Å²) in [5.41, 5.74) is 0.738. The van der Waals surface area contributed by atoms with E-state index < -0.39 is 42.5 Å². The summed E-state index contributed by atoms with van der Waals surface area (Å²) in [6, 6.07) is 1.44. The predicted octanol–water partition coefficient (Wildman–Crippen LogP) is -0.135. The maximum Gasteiger partial charge on any atom is 0.338 e. The van der Waals surface area contributed by atoms with Crippen molar-refractivity contribution in [2.75, 3.05) is 33.0 Å². The number of nitrogens with zero attached hydrogens (tertiary/aromatic N) is 2. The van der Waals surface area contributed by atoms with Crippen LogP contribution in [-0.4, -0.2) is 95.6 Å². The molecule has 3 N–H and O–H groups in total. The molecule has 4 amide bonds. The van der Waals surface area contributed by atoms with Crippen LogP contribution in [0.2, 0.25) is 0 Å². The summed E-state index contributed by atoms with van der Waals surface area (Å²) in [6.07, 6.45) is 1.10. The van der Waals surface area contributed by atoms with E-state index in [2.05, 4.69) is 10.6 Å². The van der Waals surface area contributed by atoms with Gasteiger partial charge in [-0.3, -0.25) is 19.2 Å². The van der Waals surface area contributed by atoms with Crippen LogP contribution in [0.3, 0.4) is 0 Å². The number of aromatic hydroxyl groups is 1. The number of fused-ring (bicyclic) bond motifs is 1. The first-order chi connectivity index (χ1) is 16.6. The molecule has 0 unspecified atom stereocenters. The number of rotatable bonds is 3. The average molecular weight is 507 g/mol. The Morgan fingerprint density at radius 3 is 2.69 bits per heavy atom. The van der Waals surface area contributed by atoms with Crippen LogP contribution in [0, 0.1) is 0 Å². The molecule has 2 aliphatic heterocycles. The lowest BCUT2D eigenvalue weighted by Crippen LogP contribution is -2.58. The second-order valence-corrected chi connectivity index (χ2v) is 9.71. The molecule has 0 aliphatic carbocycles. The summed E-state index contributed by atoms with van der Waals surface area (Å²) in [4.78, 5) is 66.2. The highest BCUT2D eigenvalue weighted by molar-refractivity contribution is 7.98. The van der Waals surface area contributed by atoms with Gasteiger partial charge in [-0.05, 0) is 30.5 Å². The number of likely N-dealkylation sites (tertiary alicyclic amines) is 1. The molecule has 0 saturated carbocycles. The number of hydrogen-bond donors (Lipinski definition) is 3. The zero-order valence-corrected chi connectivity index (χ0v) is 20.7. The van der Waals surface area contributed by atoms with Gasteiger partial charge in [0.1, 0.15) is 30.5 Å². The molecule has 3 atom stereocenters. The fourth-order valence-electron chi connectivity index (χ4n) is 4.03. The van der Waals surface area contributed by atoms with Crippen LogP contribution in [0.1, 0.15) is 35.7 Å². The summed E-state index contributed by atoms with van der Waals surface area (Å²) >= 11 is 1.33. The summed E-state index contributed by atoms with van der Waals surface area (Å²) in [5.74, 6) is -2.10. The first-order valence-electron chi connectivity index (χ1n) is 11.2. The normalized spacial score (nSPS) is 23.2. The van der Waals surface area contributed by atoms with Gasteiger partial charge < -0.3 is 30.3 Å². The van der Waals surface area contributed by atoms with Crippen LogP contribution in [0.5, 0.6) is 5.75 Å². The lowest BCUT2D eigenvalue weighted by molar-refractivity contribution is -0.139. The van der Waals surface area contributed by atoms with Crippen LogP contribution in [0.4, 0.5) is 0 Å². The summed E-state index contributed by atoms with van der Waals surface area (Å²) in [7, 11) is 3.15. The van der Waals surface area contributed by atoms with Gasteiger partial charge in [-0.1, -0.05) is 6.07 Å². The Bertz CT molecular complexity index is 1020. The standard InChI is InChI=1S/C23H30N4O7S/c1-13(28)27-8-4-5-19(27)21(31)24-17-10-34-23(33)16-9-15(29)7-6-14(16)11-35-12-18(25-20(17)30)22(32)26(2)3/h6-7,9,17-19,29H,4-5,8,10-12H2,1-3H3,(H,24,31)(H,25,30)/t17-,18-,19+/m1/s1. The van der Waals surface area contributed by atoms with Crippen LogP contribution in [0.25, 0.3) is 0 Å². The van der Waals surface area contributed by atoms with Gasteiger partial charge in [0.25, 0.3) is 0 Å². The maximum absolute atomic E-state index is 13.1. The topological polar surface area (TPSA) is 145 Å². The Balaban J connectivity index is 1.87. The number of carbonyl (C=O) groups is 5. The van der Waals surface area contributed by atoms with E-state index in [1.165, 1.54) is 40.6 Å². The number of esters is 1. The van der Waals surface area contributed by atoms with E-state index in [0.717, 1.165) is 0 Å². The minimum Gasteiger partial charge on any atom is -0.508 e. The highest BCUT2D eigenvalue weighted by Gasteiger charge is 2.36. The number of carbonyl (C=O) groups excluding carboxylic acids is 5. The lowest BCUT2D eigenvalue weighted by Gasteiger charge is -2.27. The number of cyclic esters (lactones) is 1. The van der Waals surface area contributed by atoms with Crippen molar-refractivity contribution in [1.29, 1.82) is 0 Å². The van der Waals surface area contributed by atoms with E-state index in [1.807, 2.05) is 0 Å². The third-order valence-corrected chi connectivity index (χ3v) is 6.97. The molecule has 1 saturated heterocycles. The second-order valence-electron chi connectivity index (χ2n) is 8.68. The van der Waals surface area contributed by atoms with Crippen LogP contribution in [-0.2, 0) is 29.7 Å². The molecule has 1 aromatic rings. The second kappa shape index (κ2) is 11.4. The van der Waals surface area contributed by atoms with Gasteiger partial charge in [-0.2, -0.15) is 11.8 Å². The number of hydrogen-bond acceptors (Lipinski definition) is 8. The number of nitrogens with one attached hydrogen (secondary N) is 2. The molecule has 0 spiro atoms. The zero-order chi connectivity index (χ0) is 25.7. The van der Waals surface area contributed by atoms with E-state index in [0.29, 0.717) is 30.7 Å². The van der Waals surface area contributed by atoms with Crippen molar-refractivity contribution in [3.05, 3.63) is 29.3 Å². The molecule has 1 fully saturated rings. The molecule has 35 heavy (non-hydrogen) atoms. The van der Waals surface area contributed by atoms with Gasteiger partial charge >= 0.3 is 5.97 Å². The molecule has 3 rings (SSSR count). The van der Waals surface area contributed by atoms with E-state index >= 15 is 0 Å². The number of thioether (sulfide) groups is 1. The van der Waals surface area contributed by atoms with E-state index in [1.54, 1.807) is 20.2 Å². The van der Waals surface area contributed by atoms with Gasteiger partial charge in [0.05, 0.1) is 5.56 Å². The fourth-order valence-corrected chi connectivity index (χ4v) is 5.08. The van der Waals surface area contributed by atoms with Crippen LogP contribution >= 0.6 is 11.8 Å². The van der Waals surface area contributed by atoms with Gasteiger partial charge in [-0.25, -0.2) is 4.79 Å². The van der Waals surface area contributed by atoms with Crippen molar-refractivity contribution in [2.24, 2.45) is 0 Å². The third-order valence-electron chi connectivity index (χ3n) is 5.88. The summed E-state index contributed by atoms with van der Waals surface area (Å²) in [5, 5.41) is 15.1. The Labute approximate surface area is 207 Å². The van der Waals surface area contributed by atoms with Crippen molar-refractivity contribution >= 4 is 41.4 Å². The van der Waals surface area contributed by atoms with Crippen molar-refractivity contribution in [3.8, 4) is 5.75 Å². The van der Waals surface area contributed by atoms with E-state index in [-0.39, 0.29) is 28.9 Å². The molecule has 0 radical (unpaired) electrons. The minimum absolute atomic E-state index is 0.119. The molecular formula is C23H30N4O7S. The quantitative estimate of drug-likeness (QED) is 0.481. The number of phenols is 1. The van der Waals surface area contributed by atoms with Gasteiger partial charge in [0, 0.05) is 39.1 Å². The largest absolute Gasteiger partial charge is 0.508 e. The number of likely N-dealkylation sites (N-methyl/N-ethyl adjacent to an activating group) is 1. The minimum atomic E-state index is -1.29. The van der Waals surface area contributed by atoms with Crippen molar-refractivity contribution in [3.63, 3.8) is 0 Å². The monoisotopic (exact) mass is 506 g/mol. The molecule has 11 nitrogen and oxygen atoms in total. The smallest absolute Gasteiger partial charge is 0.338 e. The summed E-state index contributed by atoms with van der Waals surface area (Å²) < 4.78 is 5.35. The van der Waals surface area contributed by atoms with Gasteiger partial charge in [-0.15, -0.1) is 0 Å². The molecule has 0 bridgehead atoms. The third kappa shape index (κ3) is 6.44. The first-order valence-corrected chi connectivity index (χ1v) is 12.4. The molecule has 1 aromatic carbocycles. The Morgan fingerprint density at radius 1 is 1.26 bits per heavy atom. The summed E-state index contributed by atoms with van der Waals surface area (Å²) in [6.45, 7) is 1.32. The number of benzene rings is 1. The average Bonchev–Trinajstić information content (AvgIpc) is 3.31. The molecule has 2 aliphatic rings. The Kier molecular flexibility index (Phi) is 8.60. The zero-order valence-electron chi connectivity index (χ0n) is 19.9.